The normalized spacial score (nSPS) is 26.6. The molecule has 14 nitrogen and oxygen atoms in total. The maximum Gasteiger partial charge on any atom is 0.416 e. The predicted molar refractivity (Wildman–Crippen MR) is 382 cm³/mol. The summed E-state index contributed by atoms with van der Waals surface area (Å²) in [7, 11) is 0. The second kappa shape index (κ2) is 31.7. The first-order valence-corrected chi connectivity index (χ1v) is 38.3. The third-order valence-corrected chi connectivity index (χ3v) is 25.3. The first kappa shape index (κ1) is 75.1. The number of carboxylic acids is 1. The van der Waals surface area contributed by atoms with Gasteiger partial charge in [0.25, 0.3) is 0 Å². The number of carbonyl (C=O) groups is 2. The van der Waals surface area contributed by atoms with Crippen LogP contribution in [0.5, 0.6) is 0 Å². The molecule has 6 aromatic rings. The zero-order valence-corrected chi connectivity index (χ0v) is 60.1. The van der Waals surface area contributed by atoms with Crippen LogP contribution in [0.25, 0.3) is 0 Å². The van der Waals surface area contributed by atoms with Crippen molar-refractivity contribution in [3.05, 3.63) is 190 Å². The number of pyridine rings is 4. The number of carboxylic acid groups (broad SMARTS) is 1. The van der Waals surface area contributed by atoms with Gasteiger partial charge in [-0.2, -0.15) is 31.6 Å². The van der Waals surface area contributed by atoms with Crippen LogP contribution < -0.4 is 0 Å². The highest BCUT2D eigenvalue weighted by Gasteiger charge is 2.54. The minimum atomic E-state index is -4.39. The van der Waals surface area contributed by atoms with E-state index >= 15 is 0 Å². The number of fused-ring (bicyclic) bond motifs is 2. The van der Waals surface area contributed by atoms with Gasteiger partial charge >= 0.3 is 18.3 Å². The van der Waals surface area contributed by atoms with Gasteiger partial charge in [-0.3, -0.25) is 34.4 Å². The maximum atomic E-state index is 13.6. The fraction of sp³-hybridized carbons (Fsp3) is 0.583. The molecule has 4 atom stereocenters. The highest BCUT2D eigenvalue weighted by atomic mass is 19.4. The minimum absolute atomic E-state index is 0.0150. The quantitative estimate of drug-likeness (QED) is 0.115. The van der Waals surface area contributed by atoms with Crippen LogP contribution in [0.2, 0.25) is 0 Å². The summed E-state index contributed by atoms with van der Waals surface area (Å²) in [4.78, 5) is 47.4. The number of aromatic nitrogens is 4. The van der Waals surface area contributed by atoms with Crippen LogP contribution in [-0.2, 0) is 88.5 Å². The van der Waals surface area contributed by atoms with Crippen LogP contribution in [0.1, 0.15) is 236 Å². The molecular weight excluding hydrogens is 1330 g/mol. The number of nitrogens with zero attached hydrogens (tertiary/aromatic N) is 7. The van der Waals surface area contributed by atoms with E-state index in [4.69, 9.17) is 23.9 Å². The molecule has 20 heteroatoms. The predicted octanol–water partition coefficient (Wildman–Crippen LogP) is 17.6. The summed E-state index contributed by atoms with van der Waals surface area (Å²) in [5.74, 6) is -0.760. The van der Waals surface area contributed by atoms with Gasteiger partial charge in [-0.1, -0.05) is 87.8 Å². The molecule has 4 aliphatic carbocycles. The van der Waals surface area contributed by atoms with Gasteiger partial charge < -0.3 is 29.0 Å². The fourth-order valence-electron chi connectivity index (χ4n) is 20.0. The summed E-state index contributed by atoms with van der Waals surface area (Å²) in [5, 5.41) is 18.6. The van der Waals surface area contributed by atoms with Crippen molar-refractivity contribution in [2.75, 3.05) is 46.1 Å². The van der Waals surface area contributed by atoms with Gasteiger partial charge in [0.2, 0.25) is 5.91 Å². The Hall–Kier alpha value is -7.15. The summed E-state index contributed by atoms with van der Waals surface area (Å²) in [5.41, 5.74) is 5.00. The molecule has 1 amide bonds. The van der Waals surface area contributed by atoms with Gasteiger partial charge in [0, 0.05) is 135 Å². The highest BCUT2D eigenvalue weighted by Crippen LogP contribution is 2.54. The van der Waals surface area contributed by atoms with Crippen molar-refractivity contribution in [1.82, 2.24) is 29.7 Å². The SMILES string of the molecule is FC(F)(F)c1ccc2c(c1)CN(CCC1(c3ccccn3)CCOC3(CCCC3)C1)CC2.N#CCC1(c2ccccn2)CCOC2(CCCC2)C1.O=C(CC1(c2ccccn2)CCOC2(CCCC2)C1)N1CCc2ccc(C(F)(F)F)cc2C1.O=C(O)CC1(c2ccccn2)CCOC2(CCCC2)C1. The monoisotopic (exact) mass is 1430 g/mol. The number of ether oxygens (including phenoxy) is 4. The number of benzene rings is 2. The lowest BCUT2D eigenvalue weighted by atomic mass is 9.67. The molecule has 4 aromatic heterocycles. The summed E-state index contributed by atoms with van der Waals surface area (Å²) in [6, 6.07) is 34.3. The molecule has 4 spiro atoms. The van der Waals surface area contributed by atoms with Crippen LogP contribution in [0.4, 0.5) is 26.3 Å². The van der Waals surface area contributed by atoms with Crippen LogP contribution >= 0.6 is 0 Å². The van der Waals surface area contributed by atoms with Gasteiger partial charge in [-0.05, 0) is 224 Å². The van der Waals surface area contributed by atoms with Crippen LogP contribution in [0, 0.1) is 11.3 Å². The van der Waals surface area contributed by atoms with Gasteiger partial charge in [0.15, 0.2) is 0 Å². The van der Waals surface area contributed by atoms with Crippen molar-refractivity contribution >= 4 is 11.9 Å². The van der Waals surface area contributed by atoms with Gasteiger partial charge in [-0.15, -0.1) is 0 Å². The Morgan fingerprint density at radius 1 is 0.452 bits per heavy atom. The Labute approximate surface area is 608 Å². The Kier molecular flexibility index (Phi) is 22.9. The molecule has 10 aliphatic rings. The Morgan fingerprint density at radius 3 is 1.22 bits per heavy atom. The van der Waals surface area contributed by atoms with Crippen molar-refractivity contribution < 1.29 is 60.0 Å². The number of hydrogen-bond donors (Lipinski definition) is 1. The minimum Gasteiger partial charge on any atom is -0.481 e. The van der Waals surface area contributed by atoms with Crippen molar-refractivity contribution in [3.8, 4) is 6.07 Å². The van der Waals surface area contributed by atoms with E-state index in [1.165, 1.54) is 56.7 Å². The highest BCUT2D eigenvalue weighted by molar-refractivity contribution is 5.78. The van der Waals surface area contributed by atoms with Gasteiger partial charge in [0.1, 0.15) is 0 Å². The topological polar surface area (TPSA) is 173 Å². The Bertz CT molecular complexity index is 3900. The number of hydrogen-bond acceptors (Lipinski definition) is 12. The summed E-state index contributed by atoms with van der Waals surface area (Å²) >= 11 is 0. The van der Waals surface area contributed by atoms with E-state index in [1.54, 1.807) is 29.4 Å². The second-order valence-electron chi connectivity index (χ2n) is 32.0. The number of carbonyl (C=O) groups excluding carboxylic acids is 1. The molecular formula is C84H101F6N7O7. The van der Waals surface area contributed by atoms with Crippen LogP contribution in [-0.4, -0.2) is 115 Å². The Balaban J connectivity index is 0.000000127. The molecule has 4 unspecified atom stereocenters. The third kappa shape index (κ3) is 17.1. The zero-order valence-electron chi connectivity index (χ0n) is 60.1. The van der Waals surface area contributed by atoms with E-state index in [1.807, 2.05) is 67.0 Å². The number of nitriles is 1. The number of aliphatic carboxylic acids is 1. The number of alkyl halides is 6. The van der Waals surface area contributed by atoms with Crippen molar-refractivity contribution in [2.45, 2.75) is 262 Å². The second-order valence-corrected chi connectivity index (χ2v) is 32.0. The summed E-state index contributed by atoms with van der Waals surface area (Å²) in [6.07, 6.45) is 27.0. The molecule has 556 valence electrons. The molecule has 2 aromatic carbocycles. The largest absolute Gasteiger partial charge is 0.481 e. The fourth-order valence-corrected chi connectivity index (χ4v) is 20.0. The van der Waals surface area contributed by atoms with E-state index in [9.17, 15) is 46.3 Å². The molecule has 1 N–H and O–H groups in total. The molecule has 0 radical (unpaired) electrons. The third-order valence-electron chi connectivity index (χ3n) is 25.3. The lowest BCUT2D eigenvalue weighted by Gasteiger charge is -2.47. The Morgan fingerprint density at radius 2 is 0.817 bits per heavy atom. The molecule has 4 saturated carbocycles. The van der Waals surface area contributed by atoms with Crippen molar-refractivity contribution in [1.29, 1.82) is 5.26 Å². The van der Waals surface area contributed by atoms with Crippen LogP contribution in [0.15, 0.2) is 134 Å². The molecule has 10 heterocycles. The first-order valence-electron chi connectivity index (χ1n) is 38.3. The van der Waals surface area contributed by atoms with E-state index in [0.717, 1.165) is 200 Å². The number of rotatable bonds is 12. The molecule has 0 bridgehead atoms. The zero-order chi connectivity index (χ0) is 72.6. The average Bonchev–Trinajstić information content (AvgIpc) is 1.36. The van der Waals surface area contributed by atoms with E-state index in [0.29, 0.717) is 51.1 Å². The standard InChI is InChI=1S/C26H29F3N2O2.C26H31F3N2O.C16H20N2O.C16H21NO3/c27-26(28,29)21-7-6-19-8-13-31(17-20(19)15-21)23(32)16-24(22-5-1-4-12-30-22)11-14-33-25(18-24)9-2-3-10-25;27-26(28,29)22-7-6-20-8-14-31(18-21(20)17-22)15-11-24(23-5-1-4-13-30-23)12-16-32-25(19-24)9-2-3-10-25;17-10-8-15(14-5-1-4-11-18-14)9-12-19-16(13-15)6-2-3-7-16;18-14(19)11-15(13-5-1-4-9-17-13)8-10-20-16(12-15)6-2-3-7-16/h1,4-7,12,15H,2-3,8-11,13-14,16-18H2;1,4-7,13,17H,2-3,8-12,14-16,18-19H2;1,4-5,11H,2-3,6-9,12-13H2;1,4-5,9H,2-3,6-8,10-12H2,(H,18,19). The van der Waals surface area contributed by atoms with E-state index < -0.39 is 34.9 Å². The van der Waals surface area contributed by atoms with E-state index in [-0.39, 0.29) is 57.5 Å². The number of halogens is 6. The van der Waals surface area contributed by atoms with Crippen molar-refractivity contribution in [3.63, 3.8) is 0 Å². The molecule has 104 heavy (non-hydrogen) atoms. The summed E-state index contributed by atoms with van der Waals surface area (Å²) in [6.45, 7) is 5.84. The maximum absolute atomic E-state index is 13.6. The van der Waals surface area contributed by atoms with Crippen LogP contribution in [0.3, 0.4) is 0 Å². The van der Waals surface area contributed by atoms with Gasteiger partial charge in [-0.25, -0.2) is 0 Å². The first-order chi connectivity index (χ1) is 50.1. The molecule has 16 rings (SSSR count). The molecule has 6 aliphatic heterocycles. The number of amides is 1. The average molecular weight is 1430 g/mol. The molecule has 4 saturated heterocycles. The summed E-state index contributed by atoms with van der Waals surface area (Å²) < 4.78 is 104. The lowest BCUT2D eigenvalue weighted by Crippen LogP contribution is -2.49. The molecule has 8 fully saturated rings. The van der Waals surface area contributed by atoms with Gasteiger partial charge in [0.05, 0.1) is 46.0 Å². The smallest absolute Gasteiger partial charge is 0.416 e. The van der Waals surface area contributed by atoms with E-state index in [2.05, 4.69) is 44.1 Å². The van der Waals surface area contributed by atoms with Crippen molar-refractivity contribution in [2.24, 2.45) is 0 Å². The lowest BCUT2D eigenvalue weighted by molar-refractivity contribution is -0.144.